The number of amides is 1. The molecule has 8 nitrogen and oxygen atoms in total. The van der Waals surface area contributed by atoms with Gasteiger partial charge in [0.25, 0.3) is 0 Å². The van der Waals surface area contributed by atoms with Gasteiger partial charge >= 0.3 is 11.8 Å². The number of carbonyl (C=O) groups excluding carboxylic acids is 1. The van der Waals surface area contributed by atoms with Crippen LogP contribution < -0.4 is 5.32 Å². The number of halogens is 1. The van der Waals surface area contributed by atoms with E-state index in [4.69, 9.17) is 4.52 Å². The lowest BCUT2D eigenvalue weighted by Crippen LogP contribution is -2.23. The molecule has 0 saturated heterocycles. The third-order valence-corrected chi connectivity index (χ3v) is 5.01. The van der Waals surface area contributed by atoms with Gasteiger partial charge in [-0.15, -0.1) is 0 Å². The Morgan fingerprint density at radius 3 is 2.75 bits per heavy atom. The molecular formula is C15H15IN6O2. The van der Waals surface area contributed by atoms with E-state index in [9.17, 15) is 4.79 Å². The molecular weight excluding hydrogens is 423 g/mol. The van der Waals surface area contributed by atoms with Crippen LogP contribution in [0.5, 0.6) is 0 Å². The van der Waals surface area contributed by atoms with Crippen molar-refractivity contribution < 1.29 is 9.32 Å². The zero-order chi connectivity index (χ0) is 17.1. The highest BCUT2D eigenvalue weighted by Crippen LogP contribution is 2.16. The molecule has 124 valence electrons. The van der Waals surface area contributed by atoms with Crippen LogP contribution in [-0.4, -0.2) is 30.8 Å². The predicted molar refractivity (Wildman–Crippen MR) is 93.2 cm³/mol. The van der Waals surface area contributed by atoms with Gasteiger partial charge in [-0.2, -0.15) is 10.1 Å². The first-order chi connectivity index (χ1) is 11.5. The first-order valence-electron chi connectivity index (χ1n) is 7.24. The number of aromatic nitrogens is 5. The molecule has 0 saturated carbocycles. The van der Waals surface area contributed by atoms with Crippen molar-refractivity contribution in [3.05, 3.63) is 56.8 Å². The third-order valence-electron chi connectivity index (χ3n) is 3.45. The quantitative estimate of drug-likeness (QED) is 0.611. The van der Waals surface area contributed by atoms with Gasteiger partial charge in [0.2, 0.25) is 0 Å². The van der Waals surface area contributed by atoms with Crippen LogP contribution in [0.25, 0.3) is 0 Å². The van der Waals surface area contributed by atoms with Gasteiger partial charge in [0.15, 0.2) is 5.82 Å². The minimum Gasteiger partial charge on any atom is -0.344 e. The smallest absolute Gasteiger partial charge is 0.316 e. The van der Waals surface area contributed by atoms with Crippen molar-refractivity contribution in [2.24, 2.45) is 0 Å². The number of hydrogen-bond acceptors (Lipinski definition) is 6. The van der Waals surface area contributed by atoms with Crippen LogP contribution >= 0.6 is 22.6 Å². The molecule has 0 bridgehead atoms. The molecule has 9 heteroatoms. The molecule has 0 aliphatic rings. The van der Waals surface area contributed by atoms with Crippen molar-refractivity contribution in [2.75, 3.05) is 0 Å². The first kappa shape index (κ1) is 16.6. The first-order valence-corrected chi connectivity index (χ1v) is 8.31. The number of nitrogens with zero attached hydrogens (tertiary/aromatic N) is 5. The van der Waals surface area contributed by atoms with E-state index in [0.717, 1.165) is 20.5 Å². The van der Waals surface area contributed by atoms with E-state index in [1.54, 1.807) is 17.1 Å². The van der Waals surface area contributed by atoms with Crippen molar-refractivity contribution in [2.45, 2.75) is 26.9 Å². The van der Waals surface area contributed by atoms with E-state index in [1.165, 1.54) is 0 Å². The van der Waals surface area contributed by atoms with Crippen LogP contribution in [0.1, 0.15) is 33.5 Å². The predicted octanol–water partition coefficient (Wildman–Crippen LogP) is 1.86. The molecule has 0 atom stereocenters. The molecule has 24 heavy (non-hydrogen) atoms. The number of nitrogens with one attached hydrogen (secondary N) is 1. The number of rotatable bonds is 5. The van der Waals surface area contributed by atoms with Gasteiger partial charge in [0.05, 0.1) is 9.26 Å². The summed E-state index contributed by atoms with van der Waals surface area (Å²) >= 11 is 2.25. The molecule has 0 unspecified atom stereocenters. The molecule has 0 fully saturated rings. The largest absolute Gasteiger partial charge is 0.344 e. The number of pyridine rings is 1. The molecule has 0 aliphatic carbocycles. The van der Waals surface area contributed by atoms with E-state index in [1.807, 2.05) is 26.0 Å². The molecule has 0 spiro atoms. The standard InChI is InChI=1S/C15H15IN6O2/c1-9-13(16)10(2)22(20-9)8-12-19-15(24-21-12)14(23)18-7-11-3-5-17-6-4-11/h3-6H,7-8H2,1-2H3,(H,18,23). The summed E-state index contributed by atoms with van der Waals surface area (Å²) in [6.45, 7) is 4.65. The lowest BCUT2D eigenvalue weighted by atomic mass is 10.3. The highest BCUT2D eigenvalue weighted by atomic mass is 127. The molecule has 3 aromatic heterocycles. The minimum atomic E-state index is -0.409. The number of aryl methyl sites for hydroxylation is 1. The Balaban J connectivity index is 1.64. The van der Waals surface area contributed by atoms with Crippen LogP contribution in [-0.2, 0) is 13.1 Å². The van der Waals surface area contributed by atoms with E-state index in [0.29, 0.717) is 18.9 Å². The zero-order valence-corrected chi connectivity index (χ0v) is 15.3. The Kier molecular flexibility index (Phi) is 4.88. The lowest BCUT2D eigenvalue weighted by Gasteiger charge is -2.01. The maximum Gasteiger partial charge on any atom is 0.316 e. The Morgan fingerprint density at radius 2 is 2.08 bits per heavy atom. The van der Waals surface area contributed by atoms with E-state index >= 15 is 0 Å². The molecule has 3 rings (SSSR count). The summed E-state index contributed by atoms with van der Waals surface area (Å²) in [4.78, 5) is 20.1. The molecule has 1 amide bonds. The Bertz CT molecular complexity index is 858. The lowest BCUT2D eigenvalue weighted by molar-refractivity contribution is 0.0907. The maximum absolute atomic E-state index is 12.1. The van der Waals surface area contributed by atoms with Crippen LogP contribution in [0.2, 0.25) is 0 Å². The average molecular weight is 438 g/mol. The third kappa shape index (κ3) is 3.61. The summed E-state index contributed by atoms with van der Waals surface area (Å²) in [7, 11) is 0. The maximum atomic E-state index is 12.1. The van der Waals surface area contributed by atoms with Gasteiger partial charge in [-0.05, 0) is 54.1 Å². The Hall–Kier alpha value is -2.30. The van der Waals surface area contributed by atoms with Crippen molar-refractivity contribution in [3.63, 3.8) is 0 Å². The molecule has 3 heterocycles. The monoisotopic (exact) mass is 438 g/mol. The molecule has 3 aromatic rings. The zero-order valence-electron chi connectivity index (χ0n) is 13.2. The van der Waals surface area contributed by atoms with Gasteiger partial charge in [-0.25, -0.2) is 0 Å². The Morgan fingerprint density at radius 1 is 1.33 bits per heavy atom. The normalized spacial score (nSPS) is 10.8. The second-order valence-electron chi connectivity index (χ2n) is 5.20. The topological polar surface area (TPSA) is 98.7 Å². The summed E-state index contributed by atoms with van der Waals surface area (Å²) in [6.07, 6.45) is 3.34. The molecule has 0 radical (unpaired) electrons. The fourth-order valence-electron chi connectivity index (χ4n) is 2.13. The summed E-state index contributed by atoms with van der Waals surface area (Å²) in [5.74, 6) is -0.0603. The molecule has 0 aliphatic heterocycles. The van der Waals surface area contributed by atoms with Crippen molar-refractivity contribution in [3.8, 4) is 0 Å². The highest BCUT2D eigenvalue weighted by Gasteiger charge is 2.17. The van der Waals surface area contributed by atoms with E-state index in [-0.39, 0.29) is 5.89 Å². The fourth-order valence-corrected chi connectivity index (χ4v) is 2.52. The van der Waals surface area contributed by atoms with E-state index < -0.39 is 5.91 Å². The molecule has 1 N–H and O–H groups in total. The summed E-state index contributed by atoms with van der Waals surface area (Å²) < 4.78 is 7.93. The Labute approximate surface area is 151 Å². The van der Waals surface area contributed by atoms with Gasteiger partial charge in [-0.1, -0.05) is 5.16 Å². The summed E-state index contributed by atoms with van der Waals surface area (Å²) in [6, 6.07) is 3.65. The van der Waals surface area contributed by atoms with Crippen LogP contribution in [0.3, 0.4) is 0 Å². The van der Waals surface area contributed by atoms with Gasteiger partial charge in [0.1, 0.15) is 6.54 Å². The van der Waals surface area contributed by atoms with Crippen LogP contribution in [0, 0.1) is 17.4 Å². The van der Waals surface area contributed by atoms with Crippen molar-refractivity contribution >= 4 is 28.5 Å². The highest BCUT2D eigenvalue weighted by molar-refractivity contribution is 14.1. The van der Waals surface area contributed by atoms with Crippen molar-refractivity contribution in [1.82, 2.24) is 30.2 Å². The average Bonchev–Trinajstić information content (AvgIpc) is 3.15. The second kappa shape index (κ2) is 7.07. The number of hydrogen-bond donors (Lipinski definition) is 1. The van der Waals surface area contributed by atoms with E-state index in [2.05, 4.69) is 48.1 Å². The van der Waals surface area contributed by atoms with Gasteiger partial charge < -0.3 is 9.84 Å². The van der Waals surface area contributed by atoms with Gasteiger partial charge in [0, 0.05) is 24.6 Å². The summed E-state index contributed by atoms with van der Waals surface area (Å²) in [5.41, 5.74) is 2.92. The summed E-state index contributed by atoms with van der Waals surface area (Å²) in [5, 5.41) is 11.0. The second-order valence-corrected chi connectivity index (χ2v) is 6.28. The molecule has 0 aromatic carbocycles. The minimum absolute atomic E-state index is 0.0599. The number of carbonyl (C=O) groups is 1. The SMILES string of the molecule is Cc1nn(Cc2noc(C(=O)NCc3ccncc3)n2)c(C)c1I. The van der Waals surface area contributed by atoms with Crippen LogP contribution in [0.4, 0.5) is 0 Å². The fraction of sp³-hybridized carbons (Fsp3) is 0.267. The van der Waals surface area contributed by atoms with Crippen LogP contribution in [0.15, 0.2) is 29.0 Å². The van der Waals surface area contributed by atoms with Gasteiger partial charge in [-0.3, -0.25) is 14.5 Å². The van der Waals surface area contributed by atoms with Crippen molar-refractivity contribution in [1.29, 1.82) is 0 Å².